The summed E-state index contributed by atoms with van der Waals surface area (Å²) >= 11 is 0. The average molecular weight is 293 g/mol. The third-order valence-corrected chi connectivity index (χ3v) is 3.42. The van der Waals surface area contributed by atoms with Crippen LogP contribution in [0.25, 0.3) is 0 Å². The highest BCUT2D eigenvalue weighted by molar-refractivity contribution is 5.26. The summed E-state index contributed by atoms with van der Waals surface area (Å²) in [5.41, 5.74) is 2.54. The molecule has 0 bridgehead atoms. The van der Waals surface area contributed by atoms with Gasteiger partial charge in [-0.25, -0.2) is 0 Å². The van der Waals surface area contributed by atoms with Gasteiger partial charge in [0.1, 0.15) is 0 Å². The van der Waals surface area contributed by atoms with Crippen LogP contribution in [0.5, 0.6) is 0 Å². The summed E-state index contributed by atoms with van der Waals surface area (Å²) < 4.78 is 37.8. The van der Waals surface area contributed by atoms with Crippen LogP contribution < -0.4 is 5.32 Å². The standard InChI is InChI=1S/C17H18F3N/c1-13-5-2-3-7-15(13)9-10-21-12-14-6-4-8-16(11-14)17(18,19)20/h2-8,11,21H,9-10,12H2,1H3. The van der Waals surface area contributed by atoms with Crippen molar-refractivity contribution in [2.24, 2.45) is 0 Å². The summed E-state index contributed by atoms with van der Waals surface area (Å²) in [5, 5.41) is 3.19. The molecule has 0 saturated carbocycles. The van der Waals surface area contributed by atoms with E-state index in [1.807, 2.05) is 12.1 Å². The molecule has 2 aromatic rings. The molecule has 0 atom stereocenters. The Bertz CT molecular complexity index is 591. The quantitative estimate of drug-likeness (QED) is 0.808. The van der Waals surface area contributed by atoms with Crippen molar-refractivity contribution in [3.63, 3.8) is 0 Å². The Labute approximate surface area is 122 Å². The van der Waals surface area contributed by atoms with Crippen molar-refractivity contribution in [2.75, 3.05) is 6.54 Å². The smallest absolute Gasteiger partial charge is 0.312 e. The lowest BCUT2D eigenvalue weighted by Crippen LogP contribution is -2.17. The largest absolute Gasteiger partial charge is 0.416 e. The predicted octanol–water partition coefficient (Wildman–Crippen LogP) is 4.35. The molecule has 0 radical (unpaired) electrons. The number of rotatable bonds is 5. The number of alkyl halides is 3. The van der Waals surface area contributed by atoms with Gasteiger partial charge in [0, 0.05) is 6.54 Å². The average Bonchev–Trinajstić information content (AvgIpc) is 2.45. The van der Waals surface area contributed by atoms with Crippen molar-refractivity contribution < 1.29 is 13.2 Å². The zero-order valence-electron chi connectivity index (χ0n) is 11.9. The van der Waals surface area contributed by atoms with Crippen molar-refractivity contribution in [3.05, 3.63) is 70.8 Å². The molecule has 0 heterocycles. The first-order valence-electron chi connectivity index (χ1n) is 6.88. The van der Waals surface area contributed by atoms with Crippen LogP contribution in [0.15, 0.2) is 48.5 Å². The zero-order valence-corrected chi connectivity index (χ0v) is 11.9. The maximum absolute atomic E-state index is 12.6. The van der Waals surface area contributed by atoms with Crippen molar-refractivity contribution in [2.45, 2.75) is 26.1 Å². The third-order valence-electron chi connectivity index (χ3n) is 3.42. The van der Waals surface area contributed by atoms with E-state index >= 15 is 0 Å². The first-order chi connectivity index (χ1) is 9.97. The molecule has 4 heteroatoms. The molecule has 2 aromatic carbocycles. The second-order valence-corrected chi connectivity index (χ2v) is 5.05. The molecule has 0 aliphatic heterocycles. The molecule has 2 rings (SSSR count). The molecule has 0 aliphatic carbocycles. The first-order valence-corrected chi connectivity index (χ1v) is 6.88. The number of hydrogen-bond acceptors (Lipinski definition) is 1. The lowest BCUT2D eigenvalue weighted by Gasteiger charge is -2.10. The Morgan fingerprint density at radius 2 is 1.76 bits per heavy atom. The number of hydrogen-bond donors (Lipinski definition) is 1. The fraction of sp³-hybridized carbons (Fsp3) is 0.294. The number of halogens is 3. The second-order valence-electron chi connectivity index (χ2n) is 5.05. The number of benzene rings is 2. The molecular formula is C17H18F3N. The molecule has 0 fully saturated rings. The Morgan fingerprint density at radius 3 is 2.48 bits per heavy atom. The van der Waals surface area contributed by atoms with E-state index in [1.54, 1.807) is 6.07 Å². The monoisotopic (exact) mass is 293 g/mol. The Morgan fingerprint density at radius 1 is 1.00 bits per heavy atom. The van der Waals surface area contributed by atoms with Gasteiger partial charge in [0.25, 0.3) is 0 Å². The van der Waals surface area contributed by atoms with Gasteiger partial charge in [-0.2, -0.15) is 13.2 Å². The molecule has 21 heavy (non-hydrogen) atoms. The van der Waals surface area contributed by atoms with E-state index in [-0.39, 0.29) is 0 Å². The van der Waals surface area contributed by atoms with Gasteiger partial charge in [-0.15, -0.1) is 0 Å². The highest BCUT2D eigenvalue weighted by atomic mass is 19.4. The zero-order chi connectivity index (χ0) is 15.3. The van der Waals surface area contributed by atoms with Gasteiger partial charge in [0.05, 0.1) is 5.56 Å². The van der Waals surface area contributed by atoms with E-state index < -0.39 is 11.7 Å². The van der Waals surface area contributed by atoms with E-state index in [2.05, 4.69) is 24.4 Å². The van der Waals surface area contributed by atoms with Crippen LogP contribution >= 0.6 is 0 Å². The summed E-state index contributed by atoms with van der Waals surface area (Å²) in [4.78, 5) is 0. The van der Waals surface area contributed by atoms with E-state index in [9.17, 15) is 13.2 Å². The van der Waals surface area contributed by atoms with Crippen LogP contribution in [0.2, 0.25) is 0 Å². The van der Waals surface area contributed by atoms with Crippen molar-refractivity contribution in [1.29, 1.82) is 0 Å². The van der Waals surface area contributed by atoms with Crippen LogP contribution in [0.3, 0.4) is 0 Å². The lowest BCUT2D eigenvalue weighted by atomic mass is 10.1. The maximum atomic E-state index is 12.6. The SMILES string of the molecule is Cc1ccccc1CCNCc1cccc(C(F)(F)F)c1. The molecule has 0 amide bonds. The molecule has 0 spiro atoms. The van der Waals surface area contributed by atoms with Crippen LogP contribution in [0.1, 0.15) is 22.3 Å². The minimum Gasteiger partial charge on any atom is -0.312 e. The van der Waals surface area contributed by atoms with Gasteiger partial charge in [-0.1, -0.05) is 42.5 Å². The molecule has 0 aliphatic rings. The Hall–Kier alpha value is -1.81. The summed E-state index contributed by atoms with van der Waals surface area (Å²) in [5.74, 6) is 0. The topological polar surface area (TPSA) is 12.0 Å². The molecule has 0 aromatic heterocycles. The normalized spacial score (nSPS) is 11.6. The molecule has 0 unspecified atom stereocenters. The minimum absolute atomic E-state index is 0.440. The minimum atomic E-state index is -4.28. The number of nitrogens with one attached hydrogen (secondary N) is 1. The van der Waals surface area contributed by atoms with Crippen molar-refractivity contribution >= 4 is 0 Å². The summed E-state index contributed by atoms with van der Waals surface area (Å²) in [6.07, 6.45) is -3.41. The molecule has 112 valence electrons. The highest BCUT2D eigenvalue weighted by Gasteiger charge is 2.30. The van der Waals surface area contributed by atoms with Gasteiger partial charge in [0.2, 0.25) is 0 Å². The van der Waals surface area contributed by atoms with E-state index in [4.69, 9.17) is 0 Å². The van der Waals surface area contributed by atoms with Crippen LogP contribution in [-0.2, 0) is 19.1 Å². The first kappa shape index (κ1) is 15.6. The van der Waals surface area contributed by atoms with E-state index in [0.717, 1.165) is 19.0 Å². The van der Waals surface area contributed by atoms with Gasteiger partial charge in [0.15, 0.2) is 0 Å². The third kappa shape index (κ3) is 4.60. The van der Waals surface area contributed by atoms with E-state index in [1.165, 1.54) is 23.3 Å². The van der Waals surface area contributed by atoms with Gasteiger partial charge < -0.3 is 5.32 Å². The second kappa shape index (κ2) is 6.76. The van der Waals surface area contributed by atoms with Gasteiger partial charge >= 0.3 is 6.18 Å². The van der Waals surface area contributed by atoms with Gasteiger partial charge in [-0.3, -0.25) is 0 Å². The summed E-state index contributed by atoms with van der Waals surface area (Å²) in [6.45, 7) is 3.24. The van der Waals surface area contributed by atoms with Crippen LogP contribution in [-0.4, -0.2) is 6.54 Å². The maximum Gasteiger partial charge on any atom is 0.416 e. The summed E-state index contributed by atoms with van der Waals surface area (Å²) in [6, 6.07) is 13.6. The van der Waals surface area contributed by atoms with E-state index in [0.29, 0.717) is 12.1 Å². The van der Waals surface area contributed by atoms with Crippen molar-refractivity contribution in [1.82, 2.24) is 5.32 Å². The highest BCUT2D eigenvalue weighted by Crippen LogP contribution is 2.29. The van der Waals surface area contributed by atoms with Crippen LogP contribution in [0.4, 0.5) is 13.2 Å². The summed E-state index contributed by atoms with van der Waals surface area (Å²) in [7, 11) is 0. The fourth-order valence-corrected chi connectivity index (χ4v) is 2.20. The molecule has 0 saturated heterocycles. The fourth-order valence-electron chi connectivity index (χ4n) is 2.20. The predicted molar refractivity (Wildman–Crippen MR) is 78.0 cm³/mol. The Kier molecular flexibility index (Phi) is 5.02. The molecule has 1 nitrogen and oxygen atoms in total. The lowest BCUT2D eigenvalue weighted by molar-refractivity contribution is -0.137. The van der Waals surface area contributed by atoms with Gasteiger partial charge in [-0.05, 0) is 42.6 Å². The molecule has 1 N–H and O–H groups in total. The number of aryl methyl sites for hydroxylation is 1. The Balaban J connectivity index is 1.85. The van der Waals surface area contributed by atoms with Crippen molar-refractivity contribution in [3.8, 4) is 0 Å². The molecular weight excluding hydrogens is 275 g/mol. The van der Waals surface area contributed by atoms with Crippen LogP contribution in [0, 0.1) is 6.92 Å².